The van der Waals surface area contributed by atoms with Gasteiger partial charge in [0.25, 0.3) is 0 Å². The molecule has 8 unspecified atom stereocenters. The van der Waals surface area contributed by atoms with Crippen LogP contribution in [0.25, 0.3) is 10.8 Å². The Morgan fingerprint density at radius 2 is 1.55 bits per heavy atom. The lowest BCUT2D eigenvalue weighted by atomic mass is 9.32. The van der Waals surface area contributed by atoms with Gasteiger partial charge in [-0.3, -0.25) is 4.79 Å². The van der Waals surface area contributed by atoms with Gasteiger partial charge in [0, 0.05) is 40.0 Å². The first-order chi connectivity index (χ1) is 26.5. The van der Waals surface area contributed by atoms with Crippen LogP contribution in [-0.4, -0.2) is 52.3 Å². The Labute approximate surface area is 326 Å². The fourth-order valence-electron chi connectivity index (χ4n) is 13.2. The zero-order valence-electron chi connectivity index (χ0n) is 32.9. The van der Waals surface area contributed by atoms with Crippen LogP contribution in [0, 0.1) is 39.4 Å². The summed E-state index contributed by atoms with van der Waals surface area (Å²) >= 11 is 0. The molecule has 0 heterocycles. The van der Waals surface area contributed by atoms with Crippen LogP contribution in [0.15, 0.2) is 90.5 Å². The van der Waals surface area contributed by atoms with Crippen LogP contribution in [-0.2, 0) is 11.3 Å². The average molecular weight is 743 g/mol. The molecule has 7 heteroatoms. The summed E-state index contributed by atoms with van der Waals surface area (Å²) in [6.45, 7) is 5.24. The minimum atomic E-state index is -1.18. The van der Waals surface area contributed by atoms with E-state index in [9.17, 15) is 19.8 Å². The van der Waals surface area contributed by atoms with Crippen molar-refractivity contribution in [2.45, 2.75) is 109 Å². The molecule has 8 atom stereocenters. The van der Waals surface area contributed by atoms with Crippen LogP contribution >= 0.6 is 0 Å². The molecule has 0 radical (unpaired) electrons. The van der Waals surface area contributed by atoms with Crippen LogP contribution in [0.2, 0.25) is 0 Å². The van der Waals surface area contributed by atoms with Gasteiger partial charge < -0.3 is 25.2 Å². The maximum absolute atomic E-state index is 15.0. The SMILES string of the molecule is COc1ccc(NC(=O)N(Cc2cccc3ccccc23)CC2(O)CCC3C45C=CC6(C=C4C(=O)C4CCCCC4)CC(O)CCC6(C)C5CCC32C)cc1. The Morgan fingerprint density at radius 3 is 2.33 bits per heavy atom. The van der Waals surface area contributed by atoms with Crippen LogP contribution in [0.1, 0.15) is 96.5 Å². The van der Waals surface area contributed by atoms with Crippen LogP contribution in [0.3, 0.4) is 0 Å². The molecule has 2 bridgehead atoms. The predicted molar refractivity (Wildman–Crippen MR) is 217 cm³/mol. The van der Waals surface area contributed by atoms with Gasteiger partial charge in [-0.05, 0) is 116 Å². The number of aliphatic hydroxyl groups is 2. The summed E-state index contributed by atoms with van der Waals surface area (Å²) in [4.78, 5) is 31.3. The summed E-state index contributed by atoms with van der Waals surface area (Å²) in [6, 6.07) is 21.6. The minimum absolute atomic E-state index is 0.0461. The van der Waals surface area contributed by atoms with E-state index >= 15 is 0 Å². The largest absolute Gasteiger partial charge is 0.497 e. The number of carbonyl (C=O) groups excluding carboxylic acids is 2. The quantitative estimate of drug-likeness (QED) is 0.200. The molecular formula is C48H58N2O5. The fraction of sp³-hybridized carbons (Fsp3) is 0.542. The lowest BCUT2D eigenvalue weighted by molar-refractivity contribution is -0.178. The molecular weight excluding hydrogens is 685 g/mol. The van der Waals surface area contributed by atoms with E-state index in [0.717, 1.165) is 79.7 Å². The first-order valence-corrected chi connectivity index (χ1v) is 21.0. The van der Waals surface area contributed by atoms with Gasteiger partial charge in [0.15, 0.2) is 5.78 Å². The number of benzene rings is 3. The molecule has 0 saturated heterocycles. The highest BCUT2D eigenvalue weighted by Crippen LogP contribution is 2.78. The van der Waals surface area contributed by atoms with Crippen LogP contribution < -0.4 is 10.1 Å². The lowest BCUT2D eigenvalue weighted by Gasteiger charge is -2.71. The van der Waals surface area contributed by atoms with E-state index in [1.165, 1.54) is 6.42 Å². The van der Waals surface area contributed by atoms with Gasteiger partial charge in [0.2, 0.25) is 0 Å². The zero-order valence-corrected chi connectivity index (χ0v) is 32.9. The van der Waals surface area contributed by atoms with Gasteiger partial charge in [-0.1, -0.05) is 93.8 Å². The van der Waals surface area contributed by atoms with Crippen LogP contribution in [0.5, 0.6) is 5.75 Å². The van der Waals surface area contributed by atoms with Gasteiger partial charge in [-0.2, -0.15) is 0 Å². The summed E-state index contributed by atoms with van der Waals surface area (Å²) in [5.74, 6) is 1.39. The van der Waals surface area contributed by atoms with Crippen molar-refractivity contribution in [1.29, 1.82) is 0 Å². The van der Waals surface area contributed by atoms with Crippen molar-refractivity contribution in [2.24, 2.45) is 39.4 Å². The highest BCUT2D eigenvalue weighted by atomic mass is 16.5. The molecule has 0 aromatic heterocycles. The minimum Gasteiger partial charge on any atom is -0.497 e. The Bertz CT molecular complexity index is 2050. The van der Waals surface area contributed by atoms with E-state index in [-0.39, 0.29) is 47.3 Å². The van der Waals surface area contributed by atoms with Gasteiger partial charge in [0.1, 0.15) is 5.75 Å². The molecule has 10 rings (SSSR count). The molecule has 55 heavy (non-hydrogen) atoms. The predicted octanol–water partition coefficient (Wildman–Crippen LogP) is 9.62. The standard InChI is InChI=1S/C48H58N2O5/c1-44-23-20-36(51)28-46(44)26-27-48(39(29-46)42(52)33-11-5-4-6-12-33)40(44)21-24-45(2)41(48)22-25-47(45,54)31-50(43(53)49-35-16-18-37(55-3)19-17-35)30-34-14-9-13-32-10-7-8-15-38(32)34/h7-10,13-19,26-27,29,33,36,40-41,51,54H,4-6,11-12,20-25,28,30-31H2,1-3H3,(H,49,53). The van der Waals surface area contributed by atoms with E-state index in [2.05, 4.69) is 61.7 Å². The number of methoxy groups -OCH3 is 1. The molecule has 3 aromatic carbocycles. The molecule has 7 nitrogen and oxygen atoms in total. The summed E-state index contributed by atoms with van der Waals surface area (Å²) in [5.41, 5.74) is 0.0889. The van der Waals surface area contributed by atoms with E-state index in [1.54, 1.807) is 7.11 Å². The molecule has 290 valence electrons. The van der Waals surface area contributed by atoms with Crippen molar-refractivity contribution in [1.82, 2.24) is 4.90 Å². The molecule has 3 aromatic rings. The topological polar surface area (TPSA) is 99.1 Å². The Hall–Kier alpha value is -3.94. The van der Waals surface area contributed by atoms with E-state index in [0.29, 0.717) is 36.6 Å². The van der Waals surface area contributed by atoms with Crippen LogP contribution in [0.4, 0.5) is 10.5 Å². The number of nitrogens with zero attached hydrogens (tertiary/aromatic N) is 1. The molecule has 2 spiro atoms. The number of nitrogens with one attached hydrogen (secondary N) is 1. The van der Waals surface area contributed by atoms with Crippen molar-refractivity contribution in [2.75, 3.05) is 19.0 Å². The fourth-order valence-corrected chi connectivity index (χ4v) is 13.2. The average Bonchev–Trinajstić information content (AvgIpc) is 3.47. The van der Waals surface area contributed by atoms with Gasteiger partial charge >= 0.3 is 6.03 Å². The second kappa shape index (κ2) is 13.3. The number of rotatable bonds is 8. The van der Waals surface area contributed by atoms with E-state index < -0.39 is 16.4 Å². The molecule has 3 N–H and O–H groups in total. The third kappa shape index (κ3) is 5.49. The number of fused-ring (bicyclic) bond motifs is 2. The third-order valence-corrected chi connectivity index (χ3v) is 16.3. The first-order valence-electron chi connectivity index (χ1n) is 21.0. The number of hydrogen-bond acceptors (Lipinski definition) is 5. The van der Waals surface area contributed by atoms with Crippen molar-refractivity contribution in [3.05, 3.63) is 96.1 Å². The number of hydrogen-bond donors (Lipinski definition) is 3. The zero-order chi connectivity index (χ0) is 38.2. The molecule has 2 amide bonds. The summed E-state index contributed by atoms with van der Waals surface area (Å²) in [7, 11) is 1.63. The summed E-state index contributed by atoms with van der Waals surface area (Å²) in [5, 5.41) is 29.7. The number of carbonyl (C=O) groups is 2. The number of Topliss-reactive ketones (excluding diaryl/α,β-unsaturated/α-hetero) is 1. The van der Waals surface area contributed by atoms with Gasteiger partial charge in [-0.25, -0.2) is 4.79 Å². The Morgan fingerprint density at radius 1 is 0.836 bits per heavy atom. The smallest absolute Gasteiger partial charge is 0.322 e. The number of anilines is 1. The van der Waals surface area contributed by atoms with Crippen molar-refractivity contribution in [3.63, 3.8) is 0 Å². The van der Waals surface area contributed by atoms with E-state index in [1.807, 2.05) is 47.4 Å². The second-order valence-corrected chi connectivity index (χ2v) is 18.7. The van der Waals surface area contributed by atoms with Gasteiger partial charge in [0.05, 0.1) is 25.4 Å². The number of aliphatic hydroxyl groups excluding tert-OH is 1. The number of ketones is 1. The second-order valence-electron chi connectivity index (χ2n) is 18.7. The molecule has 4 saturated carbocycles. The highest BCUT2D eigenvalue weighted by molar-refractivity contribution is 6.00. The monoisotopic (exact) mass is 742 g/mol. The van der Waals surface area contributed by atoms with E-state index in [4.69, 9.17) is 4.74 Å². The van der Waals surface area contributed by atoms with Crippen molar-refractivity contribution in [3.8, 4) is 5.75 Å². The maximum Gasteiger partial charge on any atom is 0.322 e. The van der Waals surface area contributed by atoms with Crippen molar-refractivity contribution >= 4 is 28.3 Å². The lowest BCUT2D eigenvalue weighted by Crippen LogP contribution is -2.67. The summed E-state index contributed by atoms with van der Waals surface area (Å²) < 4.78 is 5.36. The first kappa shape index (κ1) is 36.7. The normalized spacial score (nSPS) is 36.4. The number of allylic oxidation sites excluding steroid dienone is 4. The summed E-state index contributed by atoms with van der Waals surface area (Å²) in [6.07, 6.45) is 17.6. The molecule has 7 aliphatic rings. The maximum atomic E-state index is 15.0. The van der Waals surface area contributed by atoms with Crippen molar-refractivity contribution < 1.29 is 24.5 Å². The Balaban J connectivity index is 1.10. The Kier molecular flexibility index (Phi) is 8.89. The molecule has 4 fully saturated rings. The third-order valence-electron chi connectivity index (χ3n) is 16.3. The number of amides is 2. The molecule has 7 aliphatic carbocycles. The molecule has 0 aliphatic heterocycles. The van der Waals surface area contributed by atoms with Gasteiger partial charge in [-0.15, -0.1) is 0 Å². The number of ether oxygens (including phenoxy) is 1. The number of urea groups is 1. The highest BCUT2D eigenvalue weighted by Gasteiger charge is 2.74.